The number of aryl methyl sites for hydroxylation is 1. The van der Waals surface area contributed by atoms with E-state index in [9.17, 15) is 4.39 Å². The number of likely N-dealkylation sites (N-methyl/N-ethyl adjacent to an activating group) is 1. The second-order valence-corrected chi connectivity index (χ2v) is 9.14. The maximum Gasteiger partial charge on any atom is 0.137 e. The van der Waals surface area contributed by atoms with Crippen molar-refractivity contribution in [3.8, 4) is 5.69 Å². The molecule has 4 rings (SSSR count). The zero-order valence-corrected chi connectivity index (χ0v) is 20.2. The molecule has 1 saturated heterocycles. The number of hydrogen-bond acceptors (Lipinski definition) is 5. The SMILES string of the molecule is CCc1nn(-c2ccc(F)cc2)c(N2CCN(C)CC2)c1CN(Cc1ccncc1)C(C)C. The Hall–Kier alpha value is -2.77. The summed E-state index contributed by atoms with van der Waals surface area (Å²) in [5, 5.41) is 5.04. The van der Waals surface area contributed by atoms with E-state index in [0.29, 0.717) is 6.04 Å². The zero-order valence-electron chi connectivity index (χ0n) is 20.2. The van der Waals surface area contributed by atoms with E-state index in [1.165, 1.54) is 23.3 Å². The van der Waals surface area contributed by atoms with Crippen LogP contribution in [-0.2, 0) is 19.5 Å². The Morgan fingerprint density at radius 1 is 0.970 bits per heavy atom. The van der Waals surface area contributed by atoms with Gasteiger partial charge in [-0.3, -0.25) is 9.88 Å². The first kappa shape index (κ1) is 23.4. The fraction of sp³-hybridized carbons (Fsp3) is 0.462. The van der Waals surface area contributed by atoms with Crippen LogP contribution in [0.3, 0.4) is 0 Å². The van der Waals surface area contributed by atoms with Crippen LogP contribution >= 0.6 is 0 Å². The number of rotatable bonds is 8. The molecule has 1 fully saturated rings. The lowest BCUT2D eigenvalue weighted by Gasteiger charge is -2.35. The minimum Gasteiger partial charge on any atom is -0.354 e. The molecular weight excluding hydrogens is 415 g/mol. The molecule has 2 aromatic heterocycles. The molecule has 0 atom stereocenters. The highest BCUT2D eigenvalue weighted by Gasteiger charge is 2.27. The Bertz CT molecular complexity index is 1020. The van der Waals surface area contributed by atoms with Gasteiger partial charge in [0.25, 0.3) is 0 Å². The molecule has 0 radical (unpaired) electrons. The molecule has 176 valence electrons. The number of piperazine rings is 1. The van der Waals surface area contributed by atoms with Crippen molar-refractivity contribution in [2.24, 2.45) is 0 Å². The van der Waals surface area contributed by atoms with Crippen molar-refractivity contribution in [2.75, 3.05) is 38.1 Å². The Morgan fingerprint density at radius 3 is 2.24 bits per heavy atom. The van der Waals surface area contributed by atoms with Crippen LogP contribution in [0.15, 0.2) is 48.8 Å². The number of nitrogens with zero attached hydrogens (tertiary/aromatic N) is 6. The van der Waals surface area contributed by atoms with Crippen molar-refractivity contribution in [2.45, 2.75) is 46.3 Å². The smallest absolute Gasteiger partial charge is 0.137 e. The molecule has 0 bridgehead atoms. The van der Waals surface area contributed by atoms with Crippen molar-refractivity contribution in [1.82, 2.24) is 24.6 Å². The highest BCUT2D eigenvalue weighted by Crippen LogP contribution is 2.31. The molecule has 0 saturated carbocycles. The second-order valence-electron chi connectivity index (χ2n) is 9.14. The molecule has 0 spiro atoms. The van der Waals surface area contributed by atoms with Gasteiger partial charge in [-0.25, -0.2) is 9.07 Å². The van der Waals surface area contributed by atoms with Gasteiger partial charge in [0.05, 0.1) is 11.4 Å². The Kier molecular flexibility index (Phi) is 7.40. The summed E-state index contributed by atoms with van der Waals surface area (Å²) >= 11 is 0. The number of aromatic nitrogens is 3. The van der Waals surface area contributed by atoms with Gasteiger partial charge in [-0.05, 0) is 69.3 Å². The summed E-state index contributed by atoms with van der Waals surface area (Å²) < 4.78 is 15.7. The molecule has 1 aromatic carbocycles. The predicted molar refractivity (Wildman–Crippen MR) is 131 cm³/mol. The lowest BCUT2D eigenvalue weighted by atomic mass is 10.1. The Labute approximate surface area is 196 Å². The normalized spacial score (nSPS) is 15.1. The van der Waals surface area contributed by atoms with Crippen LogP contribution in [-0.4, -0.2) is 63.8 Å². The van der Waals surface area contributed by atoms with Crippen molar-refractivity contribution in [1.29, 1.82) is 0 Å². The van der Waals surface area contributed by atoms with Gasteiger partial charge < -0.3 is 9.80 Å². The number of pyridine rings is 1. The van der Waals surface area contributed by atoms with Gasteiger partial charge in [0.15, 0.2) is 0 Å². The molecule has 3 aromatic rings. The predicted octanol–water partition coefficient (Wildman–Crippen LogP) is 4.13. The Morgan fingerprint density at radius 2 is 1.64 bits per heavy atom. The quantitative estimate of drug-likeness (QED) is 0.516. The first-order valence-corrected chi connectivity index (χ1v) is 11.9. The van der Waals surface area contributed by atoms with Gasteiger partial charge in [-0.15, -0.1) is 0 Å². The van der Waals surface area contributed by atoms with Gasteiger partial charge >= 0.3 is 0 Å². The van der Waals surface area contributed by atoms with E-state index in [-0.39, 0.29) is 5.82 Å². The van der Waals surface area contributed by atoms with E-state index >= 15 is 0 Å². The van der Waals surface area contributed by atoms with Crippen molar-refractivity contribution < 1.29 is 4.39 Å². The van der Waals surface area contributed by atoms with E-state index in [1.54, 1.807) is 0 Å². The summed E-state index contributed by atoms with van der Waals surface area (Å²) in [6.07, 6.45) is 4.56. The lowest BCUT2D eigenvalue weighted by molar-refractivity contribution is 0.203. The minimum absolute atomic E-state index is 0.230. The van der Waals surface area contributed by atoms with Gasteiger partial charge in [0.1, 0.15) is 11.6 Å². The third-order valence-corrected chi connectivity index (χ3v) is 6.48. The average molecular weight is 451 g/mol. The largest absolute Gasteiger partial charge is 0.354 e. The molecule has 33 heavy (non-hydrogen) atoms. The summed E-state index contributed by atoms with van der Waals surface area (Å²) in [6, 6.07) is 11.2. The number of benzene rings is 1. The topological polar surface area (TPSA) is 40.4 Å². The molecule has 0 amide bonds. The van der Waals surface area contributed by atoms with Gasteiger partial charge in [-0.2, -0.15) is 5.10 Å². The fourth-order valence-electron chi connectivity index (χ4n) is 4.38. The summed E-state index contributed by atoms with van der Waals surface area (Å²) in [6.45, 7) is 12.2. The monoisotopic (exact) mass is 450 g/mol. The molecule has 1 aliphatic rings. The fourth-order valence-corrected chi connectivity index (χ4v) is 4.38. The first-order chi connectivity index (χ1) is 16.0. The number of halogens is 1. The first-order valence-electron chi connectivity index (χ1n) is 11.9. The van der Waals surface area contributed by atoms with E-state index in [0.717, 1.165) is 62.9 Å². The second kappa shape index (κ2) is 10.4. The zero-order chi connectivity index (χ0) is 23.4. The van der Waals surface area contributed by atoms with Crippen molar-refractivity contribution in [3.05, 3.63) is 71.4 Å². The van der Waals surface area contributed by atoms with Crippen LogP contribution < -0.4 is 4.90 Å². The Balaban J connectivity index is 1.75. The lowest BCUT2D eigenvalue weighted by Crippen LogP contribution is -2.45. The van der Waals surface area contributed by atoms with Crippen LogP contribution in [0, 0.1) is 5.82 Å². The van der Waals surface area contributed by atoms with Crippen LogP contribution in [0.4, 0.5) is 10.2 Å². The van der Waals surface area contributed by atoms with Gasteiger partial charge in [0, 0.05) is 63.3 Å². The number of anilines is 1. The van der Waals surface area contributed by atoms with Gasteiger partial charge in [-0.1, -0.05) is 6.92 Å². The van der Waals surface area contributed by atoms with Crippen molar-refractivity contribution in [3.63, 3.8) is 0 Å². The highest BCUT2D eigenvalue weighted by molar-refractivity contribution is 5.56. The maximum atomic E-state index is 13.7. The standard InChI is InChI=1S/C26H35FN6/c1-5-25-24(19-32(20(2)3)18-21-10-12-28-13-11-21)26(31-16-14-30(4)15-17-31)33(29-25)23-8-6-22(27)7-9-23/h6-13,20H,5,14-19H2,1-4H3. The van der Waals surface area contributed by atoms with E-state index in [4.69, 9.17) is 5.10 Å². The molecule has 0 N–H and O–H groups in total. The molecule has 3 heterocycles. The van der Waals surface area contributed by atoms with Crippen molar-refractivity contribution >= 4 is 5.82 Å². The third-order valence-electron chi connectivity index (χ3n) is 6.48. The molecular formula is C26H35FN6. The van der Waals surface area contributed by atoms with Crippen LogP contribution in [0.5, 0.6) is 0 Å². The highest BCUT2D eigenvalue weighted by atomic mass is 19.1. The van der Waals surface area contributed by atoms with Crippen LogP contribution in [0.2, 0.25) is 0 Å². The minimum atomic E-state index is -0.230. The molecule has 1 aliphatic heterocycles. The van der Waals surface area contributed by atoms with Crippen LogP contribution in [0.25, 0.3) is 5.69 Å². The van der Waals surface area contributed by atoms with Gasteiger partial charge in [0.2, 0.25) is 0 Å². The van der Waals surface area contributed by atoms with E-state index in [2.05, 4.69) is 59.6 Å². The molecule has 0 aliphatic carbocycles. The molecule has 6 nitrogen and oxygen atoms in total. The summed E-state index contributed by atoms with van der Waals surface area (Å²) in [5.74, 6) is 0.915. The molecule has 0 unspecified atom stereocenters. The maximum absolute atomic E-state index is 13.7. The van der Waals surface area contributed by atoms with E-state index < -0.39 is 0 Å². The van der Waals surface area contributed by atoms with Crippen LogP contribution in [0.1, 0.15) is 37.6 Å². The summed E-state index contributed by atoms with van der Waals surface area (Å²) in [5.41, 5.74) is 4.53. The average Bonchev–Trinajstić information content (AvgIpc) is 3.18. The molecule has 7 heteroatoms. The third kappa shape index (κ3) is 5.42. The number of hydrogen-bond donors (Lipinski definition) is 0. The summed E-state index contributed by atoms with van der Waals surface area (Å²) in [4.78, 5) is 11.5. The summed E-state index contributed by atoms with van der Waals surface area (Å²) in [7, 11) is 2.17. The van der Waals surface area contributed by atoms with E-state index in [1.807, 2.05) is 29.2 Å².